The van der Waals surface area contributed by atoms with E-state index in [1.54, 1.807) is 12.1 Å². The second kappa shape index (κ2) is 13.4. The number of benzene rings is 1. The molecule has 0 heterocycles. The largest absolute Gasteiger partial charge is 0.494 e. The van der Waals surface area contributed by atoms with Gasteiger partial charge in [0.2, 0.25) is 0 Å². The van der Waals surface area contributed by atoms with E-state index in [2.05, 4.69) is 6.58 Å². The fraction of sp³-hybridized carbons (Fsp3) is 0.444. The Kier molecular flexibility index (Phi) is 12.0. The van der Waals surface area contributed by atoms with Crippen molar-refractivity contribution in [2.45, 2.75) is 39.5 Å². The molecule has 1 aromatic carbocycles. The minimum atomic E-state index is -0.946. The van der Waals surface area contributed by atoms with Crippen LogP contribution in [0.5, 0.6) is 5.75 Å². The molecule has 0 aliphatic carbocycles. The lowest BCUT2D eigenvalue weighted by atomic mass is 10.2. The van der Waals surface area contributed by atoms with Gasteiger partial charge in [0.25, 0.3) is 0 Å². The van der Waals surface area contributed by atoms with Crippen molar-refractivity contribution in [3.63, 3.8) is 0 Å². The van der Waals surface area contributed by atoms with Gasteiger partial charge in [-0.15, -0.1) is 0 Å². The molecule has 0 radical (unpaired) electrons. The van der Waals surface area contributed by atoms with Crippen LogP contribution in [0.15, 0.2) is 36.9 Å². The van der Waals surface area contributed by atoms with Crippen LogP contribution in [0.25, 0.3) is 0 Å². The molecule has 0 spiro atoms. The lowest BCUT2D eigenvalue weighted by Gasteiger charge is -2.06. The van der Waals surface area contributed by atoms with Gasteiger partial charge >= 0.3 is 11.9 Å². The van der Waals surface area contributed by atoms with Crippen LogP contribution in [-0.4, -0.2) is 30.3 Å². The Morgan fingerprint density at radius 2 is 1.61 bits per heavy atom. The number of rotatable bonds is 10. The summed E-state index contributed by atoms with van der Waals surface area (Å²) in [5.41, 5.74) is 0.247. The molecule has 0 aliphatic rings. The number of carboxylic acid groups (broad SMARTS) is 1. The molecule has 0 fully saturated rings. The second-order valence-electron chi connectivity index (χ2n) is 4.46. The average Bonchev–Trinajstić information content (AvgIpc) is 2.59. The van der Waals surface area contributed by atoms with Crippen molar-refractivity contribution >= 4 is 11.9 Å². The molecule has 0 aromatic heterocycles. The normalized spacial score (nSPS) is 9.30. The molecule has 23 heavy (non-hydrogen) atoms. The van der Waals surface area contributed by atoms with Crippen LogP contribution < -0.4 is 4.74 Å². The molecule has 0 aliphatic heterocycles. The van der Waals surface area contributed by atoms with Gasteiger partial charge in [-0.3, -0.25) is 0 Å². The lowest BCUT2D eigenvalue weighted by molar-refractivity contribution is -0.137. The number of carbonyl (C=O) groups is 2. The molecular weight excluding hydrogens is 296 g/mol. The maximum Gasteiger partial charge on any atom is 0.335 e. The first kappa shape index (κ1) is 20.7. The van der Waals surface area contributed by atoms with E-state index in [1.807, 2.05) is 13.8 Å². The zero-order chi connectivity index (χ0) is 17.5. The zero-order valence-corrected chi connectivity index (χ0v) is 13.9. The van der Waals surface area contributed by atoms with E-state index in [4.69, 9.17) is 14.6 Å². The minimum Gasteiger partial charge on any atom is -0.494 e. The van der Waals surface area contributed by atoms with Crippen molar-refractivity contribution in [1.29, 1.82) is 0 Å². The lowest BCUT2D eigenvalue weighted by Crippen LogP contribution is -2.02. The van der Waals surface area contributed by atoms with Gasteiger partial charge in [0.1, 0.15) is 5.75 Å². The quantitative estimate of drug-likeness (QED) is 0.399. The third-order valence-electron chi connectivity index (χ3n) is 2.82. The van der Waals surface area contributed by atoms with Gasteiger partial charge in [-0.05, 0) is 49.9 Å². The fourth-order valence-electron chi connectivity index (χ4n) is 1.67. The van der Waals surface area contributed by atoms with E-state index in [1.165, 1.54) is 12.1 Å². The summed E-state index contributed by atoms with van der Waals surface area (Å²) >= 11 is 0. The minimum absolute atomic E-state index is 0.247. The first-order valence-electron chi connectivity index (χ1n) is 7.89. The summed E-state index contributed by atoms with van der Waals surface area (Å²) in [4.78, 5) is 21.5. The van der Waals surface area contributed by atoms with Gasteiger partial charge < -0.3 is 14.6 Å². The predicted octanol–water partition coefficient (Wildman–Crippen LogP) is 4.08. The molecule has 1 N–H and O–H groups in total. The Hall–Kier alpha value is -2.30. The highest BCUT2D eigenvalue weighted by Crippen LogP contribution is 2.13. The van der Waals surface area contributed by atoms with E-state index in [0.717, 1.165) is 31.8 Å². The van der Waals surface area contributed by atoms with Gasteiger partial charge in [0.05, 0.1) is 18.8 Å². The SMILES string of the molecule is C=CC(=O)OCCCCCCOc1ccc(C(=O)O)cc1.CC. The van der Waals surface area contributed by atoms with Crippen molar-refractivity contribution in [3.8, 4) is 5.75 Å². The number of esters is 1. The topological polar surface area (TPSA) is 72.8 Å². The highest BCUT2D eigenvalue weighted by Gasteiger charge is 2.02. The maximum atomic E-state index is 10.8. The summed E-state index contributed by atoms with van der Waals surface area (Å²) in [5.74, 6) is -0.665. The molecule has 5 heteroatoms. The van der Waals surface area contributed by atoms with E-state index in [9.17, 15) is 9.59 Å². The number of ether oxygens (including phenoxy) is 2. The Bertz CT molecular complexity index is 465. The van der Waals surface area contributed by atoms with Gasteiger partial charge in [-0.1, -0.05) is 20.4 Å². The highest BCUT2D eigenvalue weighted by atomic mass is 16.5. The van der Waals surface area contributed by atoms with Gasteiger partial charge in [0, 0.05) is 6.08 Å². The standard InChI is InChI=1S/C16H20O5.C2H6/c1-2-15(17)21-12-6-4-3-5-11-20-14-9-7-13(8-10-14)16(18)19;1-2/h2,7-10H,1,3-6,11-12H2,(H,18,19);1-2H3. The Morgan fingerprint density at radius 1 is 1.04 bits per heavy atom. The van der Waals surface area contributed by atoms with Crippen molar-refractivity contribution in [1.82, 2.24) is 0 Å². The van der Waals surface area contributed by atoms with Crippen LogP contribution in [-0.2, 0) is 9.53 Å². The molecule has 1 aromatic rings. The van der Waals surface area contributed by atoms with Crippen LogP contribution in [0.3, 0.4) is 0 Å². The third kappa shape index (κ3) is 10.1. The van der Waals surface area contributed by atoms with Gasteiger partial charge in [-0.25, -0.2) is 9.59 Å². The summed E-state index contributed by atoms with van der Waals surface area (Å²) in [6.45, 7) is 8.32. The van der Waals surface area contributed by atoms with Crippen LogP contribution >= 0.6 is 0 Å². The van der Waals surface area contributed by atoms with E-state index >= 15 is 0 Å². The van der Waals surface area contributed by atoms with Crippen LogP contribution in [0.1, 0.15) is 49.9 Å². The Labute approximate surface area is 137 Å². The van der Waals surface area contributed by atoms with Crippen LogP contribution in [0.2, 0.25) is 0 Å². The van der Waals surface area contributed by atoms with Crippen molar-refractivity contribution < 1.29 is 24.2 Å². The number of aromatic carboxylic acids is 1. The Balaban J connectivity index is 0.00000232. The van der Waals surface area contributed by atoms with Crippen LogP contribution in [0, 0.1) is 0 Å². The number of hydrogen-bond donors (Lipinski definition) is 1. The first-order chi connectivity index (χ1) is 11.1. The molecule has 0 saturated heterocycles. The third-order valence-corrected chi connectivity index (χ3v) is 2.82. The molecule has 5 nitrogen and oxygen atoms in total. The van der Waals surface area contributed by atoms with Gasteiger partial charge in [-0.2, -0.15) is 0 Å². The van der Waals surface area contributed by atoms with Crippen molar-refractivity contribution in [3.05, 3.63) is 42.5 Å². The smallest absolute Gasteiger partial charge is 0.335 e. The summed E-state index contributed by atoms with van der Waals surface area (Å²) in [5, 5.41) is 8.77. The molecule has 0 saturated carbocycles. The van der Waals surface area contributed by atoms with E-state index < -0.39 is 5.97 Å². The first-order valence-corrected chi connectivity index (χ1v) is 7.89. The molecule has 128 valence electrons. The molecule has 0 unspecified atom stereocenters. The monoisotopic (exact) mass is 322 g/mol. The molecule has 1 rings (SSSR count). The molecular formula is C18H26O5. The average molecular weight is 322 g/mol. The van der Waals surface area contributed by atoms with Crippen molar-refractivity contribution in [2.75, 3.05) is 13.2 Å². The maximum absolute atomic E-state index is 10.8. The summed E-state index contributed by atoms with van der Waals surface area (Å²) in [7, 11) is 0. The molecule has 0 atom stereocenters. The van der Waals surface area contributed by atoms with E-state index in [0.29, 0.717) is 19.0 Å². The number of carbonyl (C=O) groups excluding carboxylic acids is 1. The van der Waals surface area contributed by atoms with E-state index in [-0.39, 0.29) is 11.5 Å². The zero-order valence-electron chi connectivity index (χ0n) is 13.9. The second-order valence-corrected chi connectivity index (χ2v) is 4.46. The van der Waals surface area contributed by atoms with Gasteiger partial charge in [0.15, 0.2) is 0 Å². The van der Waals surface area contributed by atoms with Crippen molar-refractivity contribution in [2.24, 2.45) is 0 Å². The van der Waals surface area contributed by atoms with Crippen LogP contribution in [0.4, 0.5) is 0 Å². The number of hydrogen-bond acceptors (Lipinski definition) is 4. The predicted molar refractivity (Wildman–Crippen MR) is 89.9 cm³/mol. The molecule has 0 bridgehead atoms. The Morgan fingerprint density at radius 3 is 2.13 bits per heavy atom. The fourth-order valence-corrected chi connectivity index (χ4v) is 1.67. The molecule has 0 amide bonds. The summed E-state index contributed by atoms with van der Waals surface area (Å²) in [6.07, 6.45) is 4.83. The highest BCUT2D eigenvalue weighted by molar-refractivity contribution is 5.87. The summed E-state index contributed by atoms with van der Waals surface area (Å²) < 4.78 is 10.4. The number of unbranched alkanes of at least 4 members (excludes halogenated alkanes) is 3. The number of carboxylic acids is 1. The summed E-state index contributed by atoms with van der Waals surface area (Å²) in [6, 6.07) is 6.34.